The van der Waals surface area contributed by atoms with Gasteiger partial charge in [-0.3, -0.25) is 9.59 Å². The van der Waals surface area contributed by atoms with Crippen LogP contribution in [0.2, 0.25) is 5.02 Å². The molecule has 0 saturated carbocycles. The summed E-state index contributed by atoms with van der Waals surface area (Å²) in [5.74, 6) is -1.36. The molecule has 2 N–H and O–H groups in total. The molecule has 1 amide bonds. The number of carboxylic acid groups (broad SMARTS) is 1. The normalized spacial score (nSPS) is 12.8. The van der Waals surface area contributed by atoms with Crippen LogP contribution in [0.5, 0.6) is 0 Å². The molecular formula is C16H23ClN2O5S. The fraction of sp³-hybridized carbons (Fsp3) is 0.500. The minimum atomic E-state index is -3.89. The highest BCUT2D eigenvalue weighted by Crippen LogP contribution is 2.14. The Bertz CT molecular complexity index is 704. The van der Waals surface area contributed by atoms with Crippen molar-refractivity contribution < 1.29 is 23.1 Å². The van der Waals surface area contributed by atoms with Gasteiger partial charge in [0.25, 0.3) is 0 Å². The molecule has 0 saturated heterocycles. The van der Waals surface area contributed by atoms with Crippen LogP contribution in [0.25, 0.3) is 0 Å². The van der Waals surface area contributed by atoms with Crippen molar-refractivity contribution in [3.63, 3.8) is 0 Å². The van der Waals surface area contributed by atoms with Gasteiger partial charge >= 0.3 is 5.97 Å². The average molecular weight is 391 g/mol. The Balaban J connectivity index is 2.86. The molecule has 0 fully saturated rings. The van der Waals surface area contributed by atoms with E-state index in [9.17, 15) is 18.0 Å². The number of hydrogen-bond donors (Lipinski definition) is 2. The van der Waals surface area contributed by atoms with Crippen LogP contribution in [-0.4, -0.2) is 49.4 Å². The first-order valence-corrected chi connectivity index (χ1v) is 9.67. The van der Waals surface area contributed by atoms with Crippen molar-refractivity contribution in [3.05, 3.63) is 29.3 Å². The Kier molecular flexibility index (Phi) is 7.85. The van der Waals surface area contributed by atoms with Crippen LogP contribution in [-0.2, 0) is 19.6 Å². The maximum absolute atomic E-state index is 12.5. The number of carbonyl (C=O) groups excluding carboxylic acids is 1. The maximum atomic E-state index is 12.5. The standard InChI is InChI=1S/C16H23ClN2O5S/c1-11(2)10-19(9-8-15(20)21)16(22)12(3)18-25(23,24)14-6-4-13(17)5-7-14/h4-7,11-12,18H,8-10H2,1-3H3,(H,20,21). The molecule has 0 aliphatic carbocycles. The van der Waals surface area contributed by atoms with E-state index in [1.165, 1.54) is 36.1 Å². The summed E-state index contributed by atoms with van der Waals surface area (Å²) in [6.45, 7) is 5.59. The molecular weight excluding hydrogens is 368 g/mol. The van der Waals surface area contributed by atoms with Gasteiger partial charge in [0.05, 0.1) is 17.4 Å². The summed E-state index contributed by atoms with van der Waals surface area (Å²) in [5, 5.41) is 9.22. The predicted molar refractivity (Wildman–Crippen MR) is 94.9 cm³/mol. The molecule has 0 heterocycles. The minimum Gasteiger partial charge on any atom is -0.481 e. The summed E-state index contributed by atoms with van der Waals surface area (Å²) in [7, 11) is -3.89. The Morgan fingerprint density at radius 2 is 1.76 bits per heavy atom. The second-order valence-corrected chi connectivity index (χ2v) is 8.27. The van der Waals surface area contributed by atoms with Crippen molar-refractivity contribution in [1.29, 1.82) is 0 Å². The third-order valence-corrected chi connectivity index (χ3v) is 5.13. The summed E-state index contributed by atoms with van der Waals surface area (Å²) in [6.07, 6.45) is -0.199. The average Bonchev–Trinajstić information content (AvgIpc) is 2.50. The first-order valence-electron chi connectivity index (χ1n) is 7.81. The minimum absolute atomic E-state index is 0.00232. The first kappa shape index (κ1) is 21.4. The van der Waals surface area contributed by atoms with Crippen LogP contribution >= 0.6 is 11.6 Å². The summed E-state index contributed by atoms with van der Waals surface area (Å²) >= 11 is 5.74. The largest absolute Gasteiger partial charge is 0.481 e. The monoisotopic (exact) mass is 390 g/mol. The quantitative estimate of drug-likeness (QED) is 0.670. The molecule has 9 heteroatoms. The highest BCUT2D eigenvalue weighted by atomic mass is 35.5. The van der Waals surface area contributed by atoms with Crippen LogP contribution in [0, 0.1) is 5.92 Å². The van der Waals surface area contributed by atoms with Gasteiger partial charge in [0.15, 0.2) is 0 Å². The lowest BCUT2D eigenvalue weighted by atomic mass is 10.2. The molecule has 0 spiro atoms. The van der Waals surface area contributed by atoms with E-state index >= 15 is 0 Å². The Morgan fingerprint density at radius 1 is 1.20 bits per heavy atom. The molecule has 1 rings (SSSR count). The van der Waals surface area contributed by atoms with Crippen molar-refractivity contribution in [3.8, 4) is 0 Å². The second kappa shape index (κ2) is 9.17. The van der Waals surface area contributed by atoms with Gasteiger partial charge < -0.3 is 10.0 Å². The molecule has 1 atom stereocenters. The number of aliphatic carboxylic acids is 1. The van der Waals surface area contributed by atoms with Crippen LogP contribution in [0.4, 0.5) is 0 Å². The van der Waals surface area contributed by atoms with E-state index in [0.717, 1.165) is 0 Å². The zero-order chi connectivity index (χ0) is 19.2. The summed E-state index contributed by atoms with van der Waals surface area (Å²) < 4.78 is 27.0. The number of nitrogens with one attached hydrogen (secondary N) is 1. The van der Waals surface area contributed by atoms with E-state index < -0.39 is 27.9 Å². The molecule has 0 aliphatic heterocycles. The van der Waals surface area contributed by atoms with Crippen molar-refractivity contribution in [2.45, 2.75) is 38.1 Å². The van der Waals surface area contributed by atoms with E-state index in [-0.39, 0.29) is 23.8 Å². The van der Waals surface area contributed by atoms with Crippen molar-refractivity contribution in [1.82, 2.24) is 9.62 Å². The van der Waals surface area contributed by atoms with Crippen molar-refractivity contribution in [2.24, 2.45) is 5.92 Å². The lowest BCUT2D eigenvalue weighted by molar-refractivity contribution is -0.139. The molecule has 1 aromatic carbocycles. The molecule has 1 aromatic rings. The van der Waals surface area contributed by atoms with Gasteiger partial charge in [-0.25, -0.2) is 8.42 Å². The number of halogens is 1. The van der Waals surface area contributed by atoms with Gasteiger partial charge in [0.2, 0.25) is 15.9 Å². The number of sulfonamides is 1. The Hall–Kier alpha value is -1.64. The maximum Gasteiger partial charge on any atom is 0.305 e. The second-order valence-electron chi connectivity index (χ2n) is 6.12. The van der Waals surface area contributed by atoms with Gasteiger partial charge in [-0.05, 0) is 37.1 Å². The summed E-state index contributed by atoms with van der Waals surface area (Å²) in [6, 6.07) is 4.56. The summed E-state index contributed by atoms with van der Waals surface area (Å²) in [5.41, 5.74) is 0. The van der Waals surface area contributed by atoms with Gasteiger partial charge in [0.1, 0.15) is 0 Å². The number of hydrogen-bond acceptors (Lipinski definition) is 4. The fourth-order valence-electron chi connectivity index (χ4n) is 2.20. The number of carboxylic acids is 1. The lowest BCUT2D eigenvalue weighted by Gasteiger charge is -2.27. The topological polar surface area (TPSA) is 104 Å². The van der Waals surface area contributed by atoms with E-state index in [0.29, 0.717) is 11.6 Å². The number of amides is 1. The molecule has 0 aliphatic rings. The third kappa shape index (κ3) is 7.01. The van der Waals surface area contributed by atoms with Crippen LogP contribution in [0.3, 0.4) is 0 Å². The number of benzene rings is 1. The molecule has 7 nitrogen and oxygen atoms in total. The molecule has 0 aromatic heterocycles. The van der Waals surface area contributed by atoms with E-state index in [1.807, 2.05) is 13.8 Å². The van der Waals surface area contributed by atoms with E-state index in [2.05, 4.69) is 4.72 Å². The molecule has 0 radical (unpaired) electrons. The number of rotatable bonds is 9. The van der Waals surface area contributed by atoms with Gasteiger partial charge in [-0.2, -0.15) is 4.72 Å². The molecule has 140 valence electrons. The molecule has 25 heavy (non-hydrogen) atoms. The summed E-state index contributed by atoms with van der Waals surface area (Å²) in [4.78, 5) is 24.7. The van der Waals surface area contributed by atoms with Crippen LogP contribution in [0.1, 0.15) is 27.2 Å². The molecule has 0 bridgehead atoms. The van der Waals surface area contributed by atoms with Crippen LogP contribution < -0.4 is 4.72 Å². The fourth-order valence-corrected chi connectivity index (χ4v) is 3.52. The SMILES string of the molecule is CC(C)CN(CCC(=O)O)C(=O)C(C)NS(=O)(=O)c1ccc(Cl)cc1. The van der Waals surface area contributed by atoms with Crippen molar-refractivity contribution in [2.75, 3.05) is 13.1 Å². The predicted octanol–water partition coefficient (Wildman–Crippen LogP) is 1.97. The zero-order valence-electron chi connectivity index (χ0n) is 14.4. The third-order valence-electron chi connectivity index (χ3n) is 3.32. The number of nitrogens with zero attached hydrogens (tertiary/aromatic N) is 1. The first-order chi connectivity index (χ1) is 11.5. The zero-order valence-corrected chi connectivity index (χ0v) is 16.0. The van der Waals surface area contributed by atoms with Gasteiger partial charge in [-0.1, -0.05) is 25.4 Å². The Labute approximate surface area is 153 Å². The van der Waals surface area contributed by atoms with E-state index in [1.54, 1.807) is 0 Å². The molecule has 1 unspecified atom stereocenters. The lowest BCUT2D eigenvalue weighted by Crippen LogP contribution is -2.48. The number of carbonyl (C=O) groups is 2. The smallest absolute Gasteiger partial charge is 0.305 e. The van der Waals surface area contributed by atoms with Crippen LogP contribution in [0.15, 0.2) is 29.2 Å². The van der Waals surface area contributed by atoms with Crippen molar-refractivity contribution >= 4 is 33.5 Å². The highest BCUT2D eigenvalue weighted by Gasteiger charge is 2.26. The Morgan fingerprint density at radius 3 is 2.24 bits per heavy atom. The van der Waals surface area contributed by atoms with E-state index in [4.69, 9.17) is 16.7 Å². The van der Waals surface area contributed by atoms with Gasteiger partial charge in [-0.15, -0.1) is 0 Å². The van der Waals surface area contributed by atoms with Gasteiger partial charge in [0, 0.05) is 18.1 Å². The highest BCUT2D eigenvalue weighted by molar-refractivity contribution is 7.89.